The van der Waals surface area contributed by atoms with E-state index >= 15 is 0 Å². The van der Waals surface area contributed by atoms with Gasteiger partial charge < -0.3 is 14.5 Å². The van der Waals surface area contributed by atoms with Gasteiger partial charge in [-0.15, -0.1) is 5.10 Å². The predicted octanol–water partition coefficient (Wildman–Crippen LogP) is 2.95. The van der Waals surface area contributed by atoms with E-state index in [2.05, 4.69) is 37.5 Å². The monoisotopic (exact) mass is 474 g/mol. The molecule has 1 atom stereocenters. The Bertz CT molecular complexity index is 1310. The Balaban J connectivity index is 1.36. The first-order valence-electron chi connectivity index (χ1n) is 12.0. The highest BCUT2D eigenvalue weighted by atomic mass is 16.5. The van der Waals surface area contributed by atoms with Gasteiger partial charge in [0.1, 0.15) is 5.75 Å². The minimum Gasteiger partial charge on any atom is -0.497 e. The summed E-state index contributed by atoms with van der Waals surface area (Å²) >= 11 is 0. The van der Waals surface area contributed by atoms with Crippen LogP contribution in [0.25, 0.3) is 10.9 Å². The van der Waals surface area contributed by atoms with Crippen molar-refractivity contribution in [2.75, 3.05) is 20.3 Å². The van der Waals surface area contributed by atoms with E-state index in [1.807, 2.05) is 47.1 Å². The highest BCUT2D eigenvalue weighted by Gasteiger charge is 2.22. The molecule has 0 radical (unpaired) electrons. The number of H-pyrrole nitrogens is 1. The van der Waals surface area contributed by atoms with Crippen molar-refractivity contribution in [1.29, 1.82) is 0 Å². The molecule has 4 aromatic rings. The van der Waals surface area contributed by atoms with E-state index in [1.54, 1.807) is 7.11 Å². The quantitative estimate of drug-likeness (QED) is 0.377. The number of hydrogen-bond donors (Lipinski definition) is 1. The van der Waals surface area contributed by atoms with Crippen LogP contribution < -0.4 is 10.3 Å². The van der Waals surface area contributed by atoms with Crippen molar-refractivity contribution in [1.82, 2.24) is 30.1 Å². The maximum Gasteiger partial charge on any atom is 0.252 e. The standard InChI is InChI=1S/C26H30N6O3/c1-34-22-9-10-24-20(15-22)14-21(26(33)27-24)16-31(17-23-8-5-13-35-23)18-25-28-29-30-32(25)12-11-19-6-3-2-4-7-19/h2-4,6-7,9-10,14-15,23H,5,8,11-13,16-18H2,1H3,(H,27,33)/t23-/m0/s1. The summed E-state index contributed by atoms with van der Waals surface area (Å²) in [6.45, 7) is 3.17. The summed E-state index contributed by atoms with van der Waals surface area (Å²) in [5, 5.41) is 13.4. The van der Waals surface area contributed by atoms with Crippen LogP contribution in [0.4, 0.5) is 0 Å². The first-order chi connectivity index (χ1) is 17.2. The van der Waals surface area contributed by atoms with Gasteiger partial charge in [0, 0.05) is 42.7 Å². The van der Waals surface area contributed by atoms with E-state index in [0.29, 0.717) is 31.7 Å². The Morgan fingerprint density at radius 3 is 2.86 bits per heavy atom. The number of ether oxygens (including phenoxy) is 2. The van der Waals surface area contributed by atoms with Crippen molar-refractivity contribution in [3.63, 3.8) is 0 Å². The molecule has 0 saturated carbocycles. The molecule has 9 heteroatoms. The lowest BCUT2D eigenvalue weighted by atomic mass is 10.1. The van der Waals surface area contributed by atoms with E-state index in [9.17, 15) is 4.79 Å². The summed E-state index contributed by atoms with van der Waals surface area (Å²) in [6.07, 6.45) is 3.06. The number of benzene rings is 2. The molecule has 1 N–H and O–H groups in total. The number of hydrogen-bond acceptors (Lipinski definition) is 7. The fraction of sp³-hybridized carbons (Fsp3) is 0.385. The SMILES string of the molecule is COc1ccc2[nH]c(=O)c(CN(Cc3nnnn3CCc3ccccc3)C[C@@H]3CCCO3)cc2c1. The molecule has 1 fully saturated rings. The second-order valence-electron chi connectivity index (χ2n) is 8.94. The molecule has 9 nitrogen and oxygen atoms in total. The van der Waals surface area contributed by atoms with Crippen LogP contribution in [0.2, 0.25) is 0 Å². The molecule has 0 aliphatic carbocycles. The summed E-state index contributed by atoms with van der Waals surface area (Å²) in [4.78, 5) is 18.1. The molecule has 2 aromatic carbocycles. The van der Waals surface area contributed by atoms with Gasteiger partial charge in [0.05, 0.1) is 19.8 Å². The maximum absolute atomic E-state index is 12.9. The van der Waals surface area contributed by atoms with Crippen LogP contribution in [-0.2, 0) is 30.8 Å². The number of pyridine rings is 1. The van der Waals surface area contributed by atoms with Crippen LogP contribution in [0.15, 0.2) is 59.4 Å². The van der Waals surface area contributed by atoms with Gasteiger partial charge in [0.25, 0.3) is 5.56 Å². The second-order valence-corrected chi connectivity index (χ2v) is 8.94. The summed E-state index contributed by atoms with van der Waals surface area (Å²) in [5.74, 6) is 1.53. The van der Waals surface area contributed by atoms with Crippen molar-refractivity contribution in [3.05, 3.63) is 81.9 Å². The van der Waals surface area contributed by atoms with Gasteiger partial charge in [0.2, 0.25) is 0 Å². The van der Waals surface area contributed by atoms with Gasteiger partial charge in [-0.1, -0.05) is 30.3 Å². The molecule has 1 saturated heterocycles. The Morgan fingerprint density at radius 1 is 1.17 bits per heavy atom. The van der Waals surface area contributed by atoms with Crippen molar-refractivity contribution < 1.29 is 9.47 Å². The van der Waals surface area contributed by atoms with Crippen LogP contribution in [0.5, 0.6) is 5.75 Å². The molecular formula is C26H30N6O3. The molecular weight excluding hydrogens is 444 g/mol. The summed E-state index contributed by atoms with van der Waals surface area (Å²) < 4.78 is 13.1. The van der Waals surface area contributed by atoms with Gasteiger partial charge in [-0.2, -0.15) is 0 Å². The number of rotatable bonds is 10. The van der Waals surface area contributed by atoms with Crippen molar-refractivity contribution >= 4 is 10.9 Å². The first-order valence-corrected chi connectivity index (χ1v) is 12.0. The number of nitrogens with one attached hydrogen (secondary N) is 1. The van der Waals surface area contributed by atoms with Crippen LogP contribution in [0.1, 0.15) is 29.8 Å². The number of aryl methyl sites for hydroxylation is 2. The molecule has 3 heterocycles. The molecule has 1 aliphatic heterocycles. The number of tetrazole rings is 1. The summed E-state index contributed by atoms with van der Waals surface area (Å²) in [6, 6.07) is 17.9. The zero-order valence-corrected chi connectivity index (χ0v) is 19.9. The molecule has 0 amide bonds. The fourth-order valence-corrected chi connectivity index (χ4v) is 4.57. The van der Waals surface area contributed by atoms with E-state index in [-0.39, 0.29) is 11.7 Å². The van der Waals surface area contributed by atoms with E-state index in [1.165, 1.54) is 5.56 Å². The van der Waals surface area contributed by atoms with Gasteiger partial charge in [-0.3, -0.25) is 9.69 Å². The Kier molecular flexibility index (Phi) is 7.15. The normalized spacial score (nSPS) is 15.8. The minimum absolute atomic E-state index is 0.0938. The topological polar surface area (TPSA) is 98.2 Å². The zero-order chi connectivity index (χ0) is 24.0. The third-order valence-corrected chi connectivity index (χ3v) is 6.43. The van der Waals surface area contributed by atoms with Crippen LogP contribution in [-0.4, -0.2) is 56.5 Å². The molecule has 182 valence electrons. The van der Waals surface area contributed by atoms with Crippen LogP contribution in [0.3, 0.4) is 0 Å². The molecule has 0 bridgehead atoms. The summed E-state index contributed by atoms with van der Waals surface area (Å²) in [5.41, 5.74) is 2.62. The Labute approximate surface area is 203 Å². The molecule has 5 rings (SSSR count). The molecule has 2 aromatic heterocycles. The number of aromatic nitrogens is 5. The largest absolute Gasteiger partial charge is 0.497 e. The average molecular weight is 475 g/mol. The van der Waals surface area contributed by atoms with E-state index in [0.717, 1.165) is 48.3 Å². The fourth-order valence-electron chi connectivity index (χ4n) is 4.57. The first kappa shape index (κ1) is 23.2. The highest BCUT2D eigenvalue weighted by molar-refractivity contribution is 5.80. The minimum atomic E-state index is -0.0938. The smallest absolute Gasteiger partial charge is 0.252 e. The number of aromatic amines is 1. The lowest BCUT2D eigenvalue weighted by molar-refractivity contribution is 0.0663. The van der Waals surface area contributed by atoms with Gasteiger partial charge >= 0.3 is 0 Å². The van der Waals surface area contributed by atoms with Gasteiger partial charge in [0.15, 0.2) is 5.82 Å². The number of fused-ring (bicyclic) bond motifs is 1. The summed E-state index contributed by atoms with van der Waals surface area (Å²) in [7, 11) is 1.64. The molecule has 0 unspecified atom stereocenters. The average Bonchev–Trinajstić information content (AvgIpc) is 3.55. The van der Waals surface area contributed by atoms with Gasteiger partial charge in [-0.25, -0.2) is 4.68 Å². The van der Waals surface area contributed by atoms with Crippen LogP contribution >= 0.6 is 0 Å². The predicted molar refractivity (Wildman–Crippen MR) is 132 cm³/mol. The molecule has 1 aliphatic rings. The lowest BCUT2D eigenvalue weighted by Gasteiger charge is -2.24. The van der Waals surface area contributed by atoms with Crippen molar-refractivity contribution in [2.45, 2.75) is 45.0 Å². The zero-order valence-electron chi connectivity index (χ0n) is 19.9. The second kappa shape index (κ2) is 10.8. The molecule has 0 spiro atoms. The van der Waals surface area contributed by atoms with Crippen molar-refractivity contribution in [3.8, 4) is 5.75 Å². The Hall–Kier alpha value is -3.56. The maximum atomic E-state index is 12.9. The number of methoxy groups -OCH3 is 1. The number of nitrogens with zero attached hydrogens (tertiary/aromatic N) is 5. The lowest BCUT2D eigenvalue weighted by Crippen LogP contribution is -2.34. The third-order valence-electron chi connectivity index (χ3n) is 6.43. The third kappa shape index (κ3) is 5.75. The van der Waals surface area contributed by atoms with Crippen LogP contribution in [0, 0.1) is 0 Å². The van der Waals surface area contributed by atoms with E-state index in [4.69, 9.17) is 9.47 Å². The highest BCUT2D eigenvalue weighted by Crippen LogP contribution is 2.20. The van der Waals surface area contributed by atoms with Gasteiger partial charge in [-0.05, 0) is 59.5 Å². The molecule has 35 heavy (non-hydrogen) atoms. The van der Waals surface area contributed by atoms with Crippen molar-refractivity contribution in [2.24, 2.45) is 0 Å². The van der Waals surface area contributed by atoms with E-state index < -0.39 is 0 Å². The Morgan fingerprint density at radius 2 is 2.06 bits per heavy atom.